The van der Waals surface area contributed by atoms with E-state index in [1.54, 1.807) is 4.90 Å². The van der Waals surface area contributed by atoms with Crippen LogP contribution in [-0.4, -0.2) is 57.6 Å². The number of halogens is 1. The van der Waals surface area contributed by atoms with Crippen molar-refractivity contribution >= 4 is 17.6 Å². The standard InChI is InChI=1S/C17H21FN4O3/c18-17(3-1-4-17)16(24)22-7-2-11-8-12(25-13(11)10-22)15(23)21-14-9-19-5-6-20-14/h5-6,9,11-13H,1-4,7-8,10H2,(H,20,21,23)/t11-,12+,13+/m1/s1. The molecule has 3 fully saturated rings. The summed E-state index contributed by atoms with van der Waals surface area (Å²) in [5.74, 6) is -0.0623. The summed E-state index contributed by atoms with van der Waals surface area (Å²) in [6.07, 6.45) is 6.47. The number of amides is 2. The van der Waals surface area contributed by atoms with Gasteiger partial charge in [-0.3, -0.25) is 14.6 Å². The average Bonchev–Trinajstić information content (AvgIpc) is 3.03. The molecule has 3 heterocycles. The van der Waals surface area contributed by atoms with Gasteiger partial charge in [0.15, 0.2) is 11.5 Å². The number of alkyl halides is 1. The van der Waals surface area contributed by atoms with Crippen LogP contribution >= 0.6 is 0 Å². The van der Waals surface area contributed by atoms with E-state index in [0.29, 0.717) is 38.2 Å². The lowest BCUT2D eigenvalue weighted by Crippen LogP contribution is -2.55. The molecule has 3 atom stereocenters. The first kappa shape index (κ1) is 16.4. The molecule has 2 amide bonds. The number of carbonyl (C=O) groups excluding carboxylic acids is 2. The molecule has 1 aromatic heterocycles. The van der Waals surface area contributed by atoms with Gasteiger partial charge in [0, 0.05) is 25.5 Å². The Balaban J connectivity index is 1.35. The van der Waals surface area contributed by atoms with Gasteiger partial charge in [-0.15, -0.1) is 0 Å². The maximum absolute atomic E-state index is 14.4. The summed E-state index contributed by atoms with van der Waals surface area (Å²) in [6, 6.07) is 0. The highest BCUT2D eigenvalue weighted by molar-refractivity contribution is 5.93. The van der Waals surface area contributed by atoms with Gasteiger partial charge in [-0.25, -0.2) is 9.37 Å². The van der Waals surface area contributed by atoms with Gasteiger partial charge in [-0.05, 0) is 38.0 Å². The van der Waals surface area contributed by atoms with Crippen LogP contribution in [0.3, 0.4) is 0 Å². The molecule has 2 aliphatic heterocycles. The predicted octanol–water partition coefficient (Wildman–Crippen LogP) is 1.31. The van der Waals surface area contributed by atoms with E-state index >= 15 is 0 Å². The van der Waals surface area contributed by atoms with Crippen LogP contribution in [0.25, 0.3) is 0 Å². The molecule has 0 unspecified atom stereocenters. The van der Waals surface area contributed by atoms with Crippen LogP contribution in [0.4, 0.5) is 10.2 Å². The zero-order valence-corrected chi connectivity index (χ0v) is 13.9. The second-order valence-electron chi connectivity index (χ2n) is 7.10. The van der Waals surface area contributed by atoms with E-state index in [-0.39, 0.29) is 17.9 Å². The van der Waals surface area contributed by atoms with Crippen molar-refractivity contribution in [3.63, 3.8) is 0 Å². The van der Waals surface area contributed by atoms with Crippen LogP contribution in [0.1, 0.15) is 32.1 Å². The number of ether oxygens (including phenoxy) is 1. The van der Waals surface area contributed by atoms with Gasteiger partial charge < -0.3 is 15.0 Å². The molecule has 7 nitrogen and oxygen atoms in total. The minimum atomic E-state index is -1.67. The Kier molecular flexibility index (Phi) is 4.15. The van der Waals surface area contributed by atoms with Gasteiger partial charge in [-0.2, -0.15) is 0 Å². The monoisotopic (exact) mass is 348 g/mol. The van der Waals surface area contributed by atoms with Crippen molar-refractivity contribution < 1.29 is 18.7 Å². The summed E-state index contributed by atoms with van der Waals surface area (Å²) in [4.78, 5) is 34.2. The summed E-state index contributed by atoms with van der Waals surface area (Å²) in [5.41, 5.74) is -1.67. The number of nitrogens with zero attached hydrogens (tertiary/aromatic N) is 3. The molecule has 1 N–H and O–H groups in total. The number of rotatable bonds is 3. The zero-order valence-electron chi connectivity index (χ0n) is 13.9. The highest BCUT2D eigenvalue weighted by atomic mass is 19.1. The maximum Gasteiger partial charge on any atom is 0.260 e. The van der Waals surface area contributed by atoms with Crippen molar-refractivity contribution in [3.05, 3.63) is 18.6 Å². The van der Waals surface area contributed by atoms with Crippen molar-refractivity contribution in [1.29, 1.82) is 0 Å². The summed E-state index contributed by atoms with van der Waals surface area (Å²) < 4.78 is 20.2. The molecule has 8 heteroatoms. The molecule has 1 aromatic rings. The lowest BCUT2D eigenvalue weighted by atomic mass is 9.80. The SMILES string of the molecule is O=C(Nc1cnccn1)[C@@H]1C[C@H]2CCN(C(=O)C3(F)CCC3)C[C@@H]2O1. The van der Waals surface area contributed by atoms with Crippen molar-refractivity contribution in [1.82, 2.24) is 14.9 Å². The Morgan fingerprint density at radius 3 is 2.88 bits per heavy atom. The fourth-order valence-corrected chi connectivity index (χ4v) is 3.84. The minimum Gasteiger partial charge on any atom is -0.363 e. The fourth-order valence-electron chi connectivity index (χ4n) is 3.84. The molecule has 0 spiro atoms. The van der Waals surface area contributed by atoms with E-state index in [2.05, 4.69) is 15.3 Å². The van der Waals surface area contributed by atoms with Gasteiger partial charge in [0.25, 0.3) is 11.8 Å². The van der Waals surface area contributed by atoms with E-state index in [1.807, 2.05) is 0 Å². The molecular formula is C17H21FN4O3. The van der Waals surface area contributed by atoms with Gasteiger partial charge in [0.1, 0.15) is 6.10 Å². The number of carbonyl (C=O) groups is 2. The number of nitrogens with one attached hydrogen (secondary N) is 1. The van der Waals surface area contributed by atoms with Crippen LogP contribution in [0.5, 0.6) is 0 Å². The third-order valence-electron chi connectivity index (χ3n) is 5.48. The number of likely N-dealkylation sites (tertiary alicyclic amines) is 1. The van der Waals surface area contributed by atoms with E-state index in [1.165, 1.54) is 18.6 Å². The van der Waals surface area contributed by atoms with Crippen LogP contribution < -0.4 is 5.32 Å². The van der Waals surface area contributed by atoms with Crippen LogP contribution in [0.15, 0.2) is 18.6 Å². The third-order valence-corrected chi connectivity index (χ3v) is 5.48. The summed E-state index contributed by atoms with van der Waals surface area (Å²) >= 11 is 0. The normalized spacial score (nSPS) is 30.3. The molecule has 0 radical (unpaired) electrons. The highest BCUT2D eigenvalue weighted by Gasteiger charge is 2.50. The van der Waals surface area contributed by atoms with Crippen molar-refractivity contribution in [3.8, 4) is 0 Å². The number of hydrogen-bond donors (Lipinski definition) is 1. The first-order valence-electron chi connectivity index (χ1n) is 8.76. The van der Waals surface area contributed by atoms with Crippen LogP contribution in [-0.2, 0) is 14.3 Å². The molecule has 3 aliphatic rings. The third kappa shape index (κ3) is 3.10. The number of anilines is 1. The second-order valence-corrected chi connectivity index (χ2v) is 7.10. The van der Waals surface area contributed by atoms with E-state index in [4.69, 9.17) is 4.74 Å². The first-order valence-corrected chi connectivity index (χ1v) is 8.76. The van der Waals surface area contributed by atoms with Gasteiger partial charge >= 0.3 is 0 Å². The van der Waals surface area contributed by atoms with Gasteiger partial charge in [0.2, 0.25) is 0 Å². The van der Waals surface area contributed by atoms with Crippen molar-refractivity contribution in [2.75, 3.05) is 18.4 Å². The lowest BCUT2D eigenvalue weighted by Gasteiger charge is -2.41. The highest BCUT2D eigenvalue weighted by Crippen LogP contribution is 2.40. The molecule has 134 valence electrons. The lowest BCUT2D eigenvalue weighted by molar-refractivity contribution is -0.154. The van der Waals surface area contributed by atoms with Crippen LogP contribution in [0.2, 0.25) is 0 Å². The first-order chi connectivity index (χ1) is 12.0. The summed E-state index contributed by atoms with van der Waals surface area (Å²) in [7, 11) is 0. The fraction of sp³-hybridized carbons (Fsp3) is 0.647. The topological polar surface area (TPSA) is 84.4 Å². The molecule has 0 aromatic carbocycles. The predicted molar refractivity (Wildman–Crippen MR) is 86.3 cm³/mol. The molecule has 2 saturated heterocycles. The molecule has 0 bridgehead atoms. The summed E-state index contributed by atoms with van der Waals surface area (Å²) in [5, 5.41) is 2.69. The van der Waals surface area contributed by atoms with E-state index < -0.39 is 17.7 Å². The Morgan fingerprint density at radius 1 is 1.36 bits per heavy atom. The van der Waals surface area contributed by atoms with Gasteiger partial charge in [-0.1, -0.05) is 0 Å². The Labute approximate surface area is 145 Å². The number of fused-ring (bicyclic) bond motifs is 1. The molecule has 1 saturated carbocycles. The van der Waals surface area contributed by atoms with Gasteiger partial charge in [0.05, 0.1) is 12.3 Å². The second kappa shape index (κ2) is 6.33. The maximum atomic E-state index is 14.4. The largest absolute Gasteiger partial charge is 0.363 e. The number of hydrogen-bond acceptors (Lipinski definition) is 5. The number of piperidine rings is 1. The molecule has 1 aliphatic carbocycles. The van der Waals surface area contributed by atoms with Crippen molar-refractivity contribution in [2.45, 2.75) is 50.0 Å². The average molecular weight is 348 g/mol. The summed E-state index contributed by atoms with van der Waals surface area (Å²) in [6.45, 7) is 0.900. The van der Waals surface area contributed by atoms with Crippen LogP contribution in [0, 0.1) is 5.92 Å². The zero-order chi connectivity index (χ0) is 17.4. The quantitative estimate of drug-likeness (QED) is 0.890. The van der Waals surface area contributed by atoms with E-state index in [0.717, 1.165) is 12.8 Å². The molecule has 25 heavy (non-hydrogen) atoms. The van der Waals surface area contributed by atoms with E-state index in [9.17, 15) is 14.0 Å². The molecule has 4 rings (SSSR count). The molecular weight excluding hydrogens is 327 g/mol. The number of aromatic nitrogens is 2. The Hall–Kier alpha value is -2.09. The Morgan fingerprint density at radius 2 is 2.20 bits per heavy atom. The van der Waals surface area contributed by atoms with Crippen molar-refractivity contribution in [2.24, 2.45) is 5.92 Å². The minimum absolute atomic E-state index is 0.209. The Bertz CT molecular complexity index is 667. The smallest absolute Gasteiger partial charge is 0.260 e.